The number of halogens is 2. The Labute approximate surface area is 169 Å². The molecule has 1 heterocycles. The highest BCUT2D eigenvalue weighted by Gasteiger charge is 2.09. The molecule has 0 aliphatic heterocycles. The van der Waals surface area contributed by atoms with Crippen LogP contribution in [0.5, 0.6) is 5.75 Å². The Morgan fingerprint density at radius 1 is 1.15 bits per heavy atom. The number of aryl methyl sites for hydroxylation is 1. The van der Waals surface area contributed by atoms with Crippen LogP contribution in [-0.2, 0) is 7.05 Å². The maximum absolute atomic E-state index is 5.90. The van der Waals surface area contributed by atoms with Crippen LogP contribution in [0.2, 0.25) is 0 Å². The maximum Gasteiger partial charge on any atom is 0.129 e. The number of methoxy groups -OCH3 is 1. The van der Waals surface area contributed by atoms with Gasteiger partial charge in [0.1, 0.15) is 5.75 Å². The molecule has 5 nitrogen and oxygen atoms in total. The van der Waals surface area contributed by atoms with Gasteiger partial charge in [0.15, 0.2) is 0 Å². The van der Waals surface area contributed by atoms with Crippen LogP contribution in [0.4, 0.5) is 11.4 Å². The van der Waals surface area contributed by atoms with Crippen LogP contribution in [0.25, 0.3) is 11.0 Å². The first-order valence-electron chi connectivity index (χ1n) is 8.66. The first-order valence-corrected chi connectivity index (χ1v) is 9.73. The molecular formula is C20H22Cl2N4O. The van der Waals surface area contributed by atoms with Gasteiger partial charge in [0.05, 0.1) is 30.2 Å². The lowest BCUT2D eigenvalue weighted by atomic mass is 10.1. The van der Waals surface area contributed by atoms with Crippen molar-refractivity contribution in [1.29, 1.82) is 0 Å². The zero-order chi connectivity index (χ0) is 19.2. The topological polar surface area (TPSA) is 42.6 Å². The number of anilines is 1. The molecule has 1 aromatic heterocycles. The van der Waals surface area contributed by atoms with Crippen LogP contribution in [0.1, 0.15) is 5.56 Å². The number of hydrogen-bond acceptors (Lipinski definition) is 4. The van der Waals surface area contributed by atoms with Gasteiger partial charge in [-0.2, -0.15) is 0 Å². The number of hydrogen-bond donors (Lipinski definition) is 0. The van der Waals surface area contributed by atoms with Gasteiger partial charge in [-0.1, -0.05) is 0 Å². The van der Waals surface area contributed by atoms with Crippen molar-refractivity contribution in [1.82, 2.24) is 9.55 Å². The minimum atomic E-state index is 0.540. The molecule has 0 amide bonds. The first-order chi connectivity index (χ1) is 13.2. The molecule has 142 valence electrons. The second kappa shape index (κ2) is 9.11. The van der Waals surface area contributed by atoms with E-state index >= 15 is 0 Å². The molecule has 0 unspecified atom stereocenters. The molecule has 0 radical (unpaired) electrons. The summed E-state index contributed by atoms with van der Waals surface area (Å²) in [6.07, 6.45) is 3.60. The number of ether oxygens (including phenoxy) is 1. The fraction of sp³-hybridized carbons (Fsp3) is 0.300. The molecule has 0 bridgehead atoms. The average Bonchev–Trinajstić information content (AvgIpc) is 3.06. The monoisotopic (exact) mass is 404 g/mol. The lowest BCUT2D eigenvalue weighted by Gasteiger charge is -2.23. The third-order valence-corrected chi connectivity index (χ3v) is 4.69. The molecule has 0 fully saturated rings. The highest BCUT2D eigenvalue weighted by Crippen LogP contribution is 2.26. The van der Waals surface area contributed by atoms with E-state index in [1.54, 1.807) is 19.7 Å². The van der Waals surface area contributed by atoms with Crippen molar-refractivity contribution < 1.29 is 4.74 Å². The molecule has 0 aliphatic rings. The summed E-state index contributed by atoms with van der Waals surface area (Å²) in [5.74, 6) is 1.83. The first kappa shape index (κ1) is 19.5. The molecule has 3 rings (SSSR count). The van der Waals surface area contributed by atoms with Crippen molar-refractivity contribution >= 4 is 51.8 Å². The number of rotatable bonds is 8. The Bertz CT molecular complexity index is 933. The number of aromatic nitrogens is 2. The number of alkyl halides is 2. The summed E-state index contributed by atoms with van der Waals surface area (Å²) in [5, 5.41) is 0. The van der Waals surface area contributed by atoms with Crippen LogP contribution in [0.15, 0.2) is 47.7 Å². The number of fused-ring (bicyclic) bond motifs is 1. The Balaban J connectivity index is 1.85. The van der Waals surface area contributed by atoms with E-state index in [0.29, 0.717) is 11.8 Å². The second-order valence-electron chi connectivity index (χ2n) is 6.08. The van der Waals surface area contributed by atoms with Crippen molar-refractivity contribution in [2.45, 2.75) is 0 Å². The molecule has 0 aliphatic carbocycles. The minimum Gasteiger partial charge on any atom is -0.496 e. The zero-order valence-corrected chi connectivity index (χ0v) is 16.9. The highest BCUT2D eigenvalue weighted by atomic mass is 35.5. The molecule has 7 heteroatoms. The summed E-state index contributed by atoms with van der Waals surface area (Å²) in [6, 6.07) is 12.0. The van der Waals surface area contributed by atoms with Gasteiger partial charge >= 0.3 is 0 Å². The van der Waals surface area contributed by atoms with Gasteiger partial charge in [-0.25, -0.2) is 4.98 Å². The van der Waals surface area contributed by atoms with Crippen LogP contribution >= 0.6 is 23.2 Å². The van der Waals surface area contributed by atoms with Crippen molar-refractivity contribution in [2.75, 3.05) is 36.9 Å². The second-order valence-corrected chi connectivity index (χ2v) is 6.83. The average molecular weight is 405 g/mol. The quantitative estimate of drug-likeness (QED) is 0.406. The fourth-order valence-corrected chi connectivity index (χ4v) is 3.33. The van der Waals surface area contributed by atoms with Crippen LogP contribution in [-0.4, -0.2) is 47.7 Å². The largest absolute Gasteiger partial charge is 0.496 e. The smallest absolute Gasteiger partial charge is 0.129 e. The lowest BCUT2D eigenvalue weighted by Crippen LogP contribution is -2.27. The number of nitrogens with zero attached hydrogens (tertiary/aromatic N) is 4. The van der Waals surface area contributed by atoms with E-state index in [9.17, 15) is 0 Å². The molecular weight excluding hydrogens is 383 g/mol. The minimum absolute atomic E-state index is 0.540. The van der Waals surface area contributed by atoms with E-state index in [1.807, 2.05) is 48.0 Å². The van der Waals surface area contributed by atoms with Gasteiger partial charge < -0.3 is 14.2 Å². The number of benzene rings is 2. The van der Waals surface area contributed by atoms with E-state index in [1.165, 1.54) is 0 Å². The molecule has 27 heavy (non-hydrogen) atoms. The summed E-state index contributed by atoms with van der Waals surface area (Å²) >= 11 is 11.8. The Kier molecular flexibility index (Phi) is 6.58. The standard InChI is InChI=1S/C20H22Cl2N4O/c1-25-14-24-18-11-16(4-6-19(18)25)23-13-15-3-5-17(12-20(15)27-2)26(9-7-21)10-8-22/h3-6,11-14H,7-10H2,1-2H3. The van der Waals surface area contributed by atoms with E-state index in [2.05, 4.69) is 14.9 Å². The molecule has 0 saturated carbocycles. The maximum atomic E-state index is 5.90. The van der Waals surface area contributed by atoms with Gasteiger partial charge in [0.25, 0.3) is 0 Å². The predicted octanol–water partition coefficient (Wildman–Crippen LogP) is 4.62. The predicted molar refractivity (Wildman–Crippen MR) is 115 cm³/mol. The van der Waals surface area contributed by atoms with E-state index in [0.717, 1.165) is 46.8 Å². The highest BCUT2D eigenvalue weighted by molar-refractivity contribution is 6.18. The van der Waals surface area contributed by atoms with Crippen LogP contribution in [0, 0.1) is 0 Å². The van der Waals surface area contributed by atoms with Crippen molar-refractivity contribution in [3.05, 3.63) is 48.3 Å². The van der Waals surface area contributed by atoms with Gasteiger partial charge in [-0.15, -0.1) is 23.2 Å². The summed E-state index contributed by atoms with van der Waals surface area (Å²) < 4.78 is 7.54. The zero-order valence-electron chi connectivity index (χ0n) is 15.4. The molecule has 0 N–H and O–H groups in total. The van der Waals surface area contributed by atoms with Gasteiger partial charge in [0, 0.05) is 55.4 Å². The third-order valence-electron chi connectivity index (χ3n) is 4.35. The van der Waals surface area contributed by atoms with Crippen LogP contribution < -0.4 is 9.64 Å². The molecule has 3 aromatic rings. The summed E-state index contributed by atoms with van der Waals surface area (Å²) in [4.78, 5) is 11.1. The Morgan fingerprint density at radius 3 is 2.63 bits per heavy atom. The van der Waals surface area contributed by atoms with Gasteiger partial charge in [-0.3, -0.25) is 4.99 Å². The van der Waals surface area contributed by atoms with Crippen molar-refractivity contribution in [2.24, 2.45) is 12.0 Å². The summed E-state index contributed by atoms with van der Waals surface area (Å²) in [7, 11) is 3.63. The molecule has 2 aromatic carbocycles. The lowest BCUT2D eigenvalue weighted by molar-refractivity contribution is 0.414. The van der Waals surface area contributed by atoms with Gasteiger partial charge in [0.2, 0.25) is 0 Å². The summed E-state index contributed by atoms with van der Waals surface area (Å²) in [5.41, 5.74) is 4.78. The van der Waals surface area contributed by atoms with E-state index in [4.69, 9.17) is 27.9 Å². The fourth-order valence-electron chi connectivity index (χ4n) is 2.93. The SMILES string of the molecule is COc1cc(N(CCCl)CCCl)ccc1C=Nc1ccc2c(c1)ncn2C. The Hall–Kier alpha value is -2.24. The van der Waals surface area contributed by atoms with Crippen LogP contribution in [0.3, 0.4) is 0 Å². The molecule has 0 saturated heterocycles. The van der Waals surface area contributed by atoms with Crippen molar-refractivity contribution in [3.63, 3.8) is 0 Å². The Morgan fingerprint density at radius 2 is 1.93 bits per heavy atom. The summed E-state index contributed by atoms with van der Waals surface area (Å²) in [6.45, 7) is 1.46. The number of imidazole rings is 1. The van der Waals surface area contributed by atoms with E-state index in [-0.39, 0.29) is 0 Å². The van der Waals surface area contributed by atoms with Crippen molar-refractivity contribution in [3.8, 4) is 5.75 Å². The number of aliphatic imine (C=N–C) groups is 1. The van der Waals surface area contributed by atoms with E-state index < -0.39 is 0 Å². The van der Waals surface area contributed by atoms with Gasteiger partial charge in [-0.05, 0) is 30.3 Å². The molecule has 0 spiro atoms. The molecule has 0 atom stereocenters. The normalized spacial score (nSPS) is 11.4. The third kappa shape index (κ3) is 4.54.